The van der Waals surface area contributed by atoms with Crippen LogP contribution in [0, 0.1) is 18.8 Å². The van der Waals surface area contributed by atoms with Gasteiger partial charge < -0.3 is 20.3 Å². The Hall–Kier alpha value is -2.62. The number of aromatic carboxylic acids is 1. The maximum absolute atomic E-state index is 12.6. The maximum atomic E-state index is 12.6. The van der Waals surface area contributed by atoms with Gasteiger partial charge in [0.15, 0.2) is 5.13 Å². The number of pyridine rings is 1. The average Bonchev–Trinajstić information content (AvgIpc) is 3.17. The van der Waals surface area contributed by atoms with Crippen molar-refractivity contribution in [1.29, 1.82) is 0 Å². The van der Waals surface area contributed by atoms with Gasteiger partial charge in [0, 0.05) is 49.1 Å². The monoisotopic (exact) mass is 505 g/mol. The van der Waals surface area contributed by atoms with Crippen molar-refractivity contribution < 1.29 is 14.7 Å². The fraction of sp³-hybridized carbons (Fsp3) is 0.364. The molecule has 2 fully saturated rings. The van der Waals surface area contributed by atoms with Gasteiger partial charge in [0.2, 0.25) is 0 Å². The van der Waals surface area contributed by atoms with E-state index >= 15 is 0 Å². The average molecular weight is 506 g/mol. The second-order valence-electron chi connectivity index (χ2n) is 8.42. The zero-order valence-electron chi connectivity index (χ0n) is 17.6. The number of H-pyrrole nitrogens is 1. The van der Waals surface area contributed by atoms with Gasteiger partial charge in [-0.15, -0.1) is 0 Å². The number of nitrogens with one attached hydrogen (secondary N) is 2. The molecule has 8 nitrogen and oxygen atoms in total. The molecule has 172 valence electrons. The summed E-state index contributed by atoms with van der Waals surface area (Å²) in [6.07, 6.45) is 4.72. The van der Waals surface area contributed by atoms with Crippen LogP contribution in [0.3, 0.4) is 0 Å². The van der Waals surface area contributed by atoms with Crippen LogP contribution < -0.4 is 10.2 Å². The molecule has 33 heavy (non-hydrogen) atoms. The Kier molecular flexibility index (Phi) is 5.80. The Bertz CT molecular complexity index is 1220. The van der Waals surface area contributed by atoms with E-state index in [0.717, 1.165) is 23.8 Å². The number of hydrogen-bond donors (Lipinski definition) is 3. The van der Waals surface area contributed by atoms with E-state index in [1.165, 1.54) is 11.3 Å². The molecule has 3 atom stereocenters. The highest BCUT2D eigenvalue weighted by molar-refractivity contribution is 7.17. The third kappa shape index (κ3) is 4.20. The van der Waals surface area contributed by atoms with Crippen molar-refractivity contribution in [3.05, 3.63) is 62.1 Å². The lowest BCUT2D eigenvalue weighted by molar-refractivity contribution is 0.0700. The number of piperidine rings is 1. The van der Waals surface area contributed by atoms with Crippen molar-refractivity contribution in [3.63, 3.8) is 0 Å². The van der Waals surface area contributed by atoms with E-state index in [-0.39, 0.29) is 27.5 Å². The molecule has 0 radical (unpaired) electrons. The van der Waals surface area contributed by atoms with Gasteiger partial charge in [0.05, 0.1) is 15.7 Å². The number of anilines is 1. The lowest BCUT2D eigenvalue weighted by atomic mass is 10.1. The number of fused-ring (bicyclic) bond motifs is 1. The van der Waals surface area contributed by atoms with Gasteiger partial charge in [0.25, 0.3) is 5.91 Å². The van der Waals surface area contributed by atoms with Gasteiger partial charge in [-0.25, -0.2) is 9.78 Å². The number of halogens is 2. The van der Waals surface area contributed by atoms with Crippen molar-refractivity contribution >= 4 is 51.5 Å². The van der Waals surface area contributed by atoms with Crippen molar-refractivity contribution in [2.45, 2.75) is 25.8 Å². The van der Waals surface area contributed by atoms with E-state index in [2.05, 4.69) is 25.2 Å². The molecule has 1 amide bonds. The summed E-state index contributed by atoms with van der Waals surface area (Å²) in [5.74, 6) is -0.607. The minimum atomic E-state index is -0.949. The summed E-state index contributed by atoms with van der Waals surface area (Å²) in [4.78, 5) is 38.4. The molecule has 1 aliphatic carbocycles. The third-order valence-corrected chi connectivity index (χ3v) is 8.42. The number of carbonyl (C=O) groups is 2. The third-order valence-electron chi connectivity index (χ3n) is 6.32. The minimum absolute atomic E-state index is 0.0669. The quantitative estimate of drug-likeness (QED) is 0.449. The number of nitrogens with zero attached hydrogens (tertiary/aromatic N) is 3. The molecule has 4 heterocycles. The van der Waals surface area contributed by atoms with Crippen LogP contribution in [0.15, 0.2) is 24.5 Å². The van der Waals surface area contributed by atoms with E-state index in [1.807, 2.05) is 12.1 Å². The zero-order valence-corrected chi connectivity index (χ0v) is 20.0. The molecule has 1 saturated heterocycles. The normalized spacial score (nSPS) is 21.2. The number of aryl methyl sites for hydroxylation is 3. The van der Waals surface area contributed by atoms with Crippen LogP contribution in [0.2, 0.25) is 10.0 Å². The zero-order chi connectivity index (χ0) is 23.3. The molecule has 5 rings (SSSR count). The minimum Gasteiger partial charge on any atom is -0.477 e. The van der Waals surface area contributed by atoms with E-state index < -0.39 is 5.97 Å². The molecule has 0 unspecified atom stereocenters. The van der Waals surface area contributed by atoms with Crippen LogP contribution in [0.5, 0.6) is 0 Å². The Morgan fingerprint density at radius 3 is 2.52 bits per heavy atom. The summed E-state index contributed by atoms with van der Waals surface area (Å²) in [5.41, 5.74) is 2.64. The summed E-state index contributed by atoms with van der Waals surface area (Å²) in [5, 5.41) is 14.0. The molecular formula is C22H21Cl2N5O3S. The van der Waals surface area contributed by atoms with Crippen molar-refractivity contribution in [2.24, 2.45) is 11.8 Å². The number of thiazole rings is 1. The summed E-state index contributed by atoms with van der Waals surface area (Å²) >= 11 is 13.4. The van der Waals surface area contributed by atoms with Crippen molar-refractivity contribution in [1.82, 2.24) is 20.3 Å². The Balaban J connectivity index is 1.22. The highest BCUT2D eigenvalue weighted by Gasteiger charge is 2.57. The first-order valence-corrected chi connectivity index (χ1v) is 12.1. The lowest BCUT2D eigenvalue weighted by Crippen LogP contribution is -2.34. The molecule has 1 aliphatic heterocycles. The second-order valence-corrected chi connectivity index (χ2v) is 10.2. The number of amides is 1. The first kappa shape index (κ1) is 22.2. The number of carboxylic acid groups (broad SMARTS) is 1. The largest absolute Gasteiger partial charge is 0.477 e. The number of carbonyl (C=O) groups excluding carboxylic acids is 1. The highest BCUT2D eigenvalue weighted by atomic mass is 35.5. The smallest absolute Gasteiger partial charge is 0.347 e. The Labute approximate surface area is 204 Å². The van der Waals surface area contributed by atoms with E-state index in [1.54, 1.807) is 19.3 Å². The summed E-state index contributed by atoms with van der Waals surface area (Å²) < 4.78 is 0. The Morgan fingerprint density at radius 1 is 1.21 bits per heavy atom. The maximum Gasteiger partial charge on any atom is 0.347 e. The predicted octanol–water partition coefficient (Wildman–Crippen LogP) is 3.83. The molecule has 1 saturated carbocycles. The topological polar surface area (TPSA) is 111 Å². The summed E-state index contributed by atoms with van der Waals surface area (Å²) in [7, 11) is 0. The predicted molar refractivity (Wildman–Crippen MR) is 127 cm³/mol. The molecule has 3 aromatic heterocycles. The van der Waals surface area contributed by atoms with Gasteiger partial charge >= 0.3 is 5.97 Å². The standard InChI is InChI=1S/C22H21Cl2N5O3S/c1-10-15(23)16(24)18(26-10)20(30)28-17-12-8-29(9-13(12)17)22-27-14(19(33-22)21(31)32)3-2-11-4-6-25-7-5-11/h4-7,12-13,17,26H,2-3,8-9H2,1H3,(H,28,30)(H,31,32)/t12-,13+,17-. The van der Waals surface area contributed by atoms with Gasteiger partial charge in [-0.05, 0) is 37.5 Å². The van der Waals surface area contributed by atoms with Crippen LogP contribution in [-0.2, 0) is 12.8 Å². The molecule has 3 N–H and O–H groups in total. The van der Waals surface area contributed by atoms with Crippen LogP contribution in [0.4, 0.5) is 5.13 Å². The van der Waals surface area contributed by atoms with Crippen LogP contribution in [-0.4, -0.2) is 51.1 Å². The molecule has 3 aromatic rings. The van der Waals surface area contributed by atoms with E-state index in [9.17, 15) is 14.7 Å². The highest BCUT2D eigenvalue weighted by Crippen LogP contribution is 2.48. The number of aromatic amines is 1. The number of rotatable bonds is 7. The van der Waals surface area contributed by atoms with E-state index in [0.29, 0.717) is 41.1 Å². The Morgan fingerprint density at radius 2 is 1.91 bits per heavy atom. The molecule has 0 spiro atoms. The molecule has 0 aromatic carbocycles. The fourth-order valence-corrected chi connectivity index (χ4v) is 5.86. The second kappa shape index (κ2) is 8.62. The first-order valence-electron chi connectivity index (χ1n) is 10.5. The molecule has 0 bridgehead atoms. The van der Waals surface area contributed by atoms with Crippen LogP contribution in [0.1, 0.15) is 37.1 Å². The van der Waals surface area contributed by atoms with Gasteiger partial charge in [-0.2, -0.15) is 0 Å². The van der Waals surface area contributed by atoms with Gasteiger partial charge in [-0.3, -0.25) is 9.78 Å². The first-order chi connectivity index (χ1) is 15.8. The molecule has 11 heteroatoms. The van der Waals surface area contributed by atoms with Crippen LogP contribution in [0.25, 0.3) is 0 Å². The van der Waals surface area contributed by atoms with Crippen molar-refractivity contribution in [2.75, 3.05) is 18.0 Å². The van der Waals surface area contributed by atoms with E-state index in [4.69, 9.17) is 23.2 Å². The van der Waals surface area contributed by atoms with Gasteiger partial charge in [0.1, 0.15) is 10.6 Å². The van der Waals surface area contributed by atoms with Gasteiger partial charge in [-0.1, -0.05) is 34.5 Å². The molecule has 2 aliphatic rings. The van der Waals surface area contributed by atoms with Crippen LogP contribution >= 0.6 is 34.5 Å². The summed E-state index contributed by atoms with van der Waals surface area (Å²) in [6, 6.07) is 3.91. The molecular weight excluding hydrogens is 485 g/mol. The van der Waals surface area contributed by atoms with Crippen molar-refractivity contribution in [3.8, 4) is 0 Å². The summed E-state index contributed by atoms with van der Waals surface area (Å²) in [6.45, 7) is 3.22. The lowest BCUT2D eigenvalue weighted by Gasteiger charge is -2.19. The number of hydrogen-bond acceptors (Lipinski definition) is 6. The fourth-order valence-electron chi connectivity index (χ4n) is 4.47. The number of carboxylic acids is 1. The number of aromatic nitrogens is 3. The SMILES string of the molecule is Cc1[nH]c(C(=O)N[C@@H]2[C@@H]3CN(c4nc(CCc5ccncc5)c(C(=O)O)s4)C[C@@H]32)c(Cl)c1Cl.